The first-order chi connectivity index (χ1) is 20.1. The molecule has 0 unspecified atom stereocenters. The normalized spacial score (nSPS) is 15.1. The number of rotatable bonds is 8. The van der Waals surface area contributed by atoms with Crippen molar-refractivity contribution in [3.63, 3.8) is 0 Å². The molecule has 4 aromatic rings. The number of aromatic nitrogens is 1. The summed E-state index contributed by atoms with van der Waals surface area (Å²) in [6.45, 7) is 17.9. The number of nitrogens with zero attached hydrogens (tertiary/aromatic N) is 3. The Morgan fingerprint density at radius 1 is 0.756 bits per heavy atom. The molecule has 0 spiro atoms. The first kappa shape index (κ1) is 31.8. The number of benzene rings is 1. The SMILES string of the molecule is CC.CC[Si](CC)(CC)c1cc2c(s1)CCN(Cc1ccccn1)C2.c1ccc(CN2CCc3sccc3C2)cc1. The molecule has 0 amide bonds. The third kappa shape index (κ3) is 8.26. The second-order valence-corrected chi connectivity index (χ2v) is 18.7. The molecule has 0 N–H and O–H groups in total. The lowest BCUT2D eigenvalue weighted by Gasteiger charge is -2.26. The fourth-order valence-corrected chi connectivity index (χ4v) is 13.4. The standard InChI is InChI=1S/C19H28N2SSi.C14H15NS.C2H6/c1-4-23(5-2,6-3)19-13-16-14-21(12-10-18(16)22-19)15-17-9-7-8-11-20-17;1-2-4-12(5-3-1)10-15-8-6-14-13(11-15)7-9-16-14;1-2/h7-9,11,13H,4-6,10,12,14-15H2,1-3H3;1-5,7,9H,6,8,10-11H2;1-2H3. The van der Waals surface area contributed by atoms with Crippen LogP contribution >= 0.6 is 22.7 Å². The van der Waals surface area contributed by atoms with Crippen molar-refractivity contribution in [2.45, 2.75) is 91.8 Å². The van der Waals surface area contributed by atoms with Crippen molar-refractivity contribution < 1.29 is 0 Å². The van der Waals surface area contributed by atoms with Gasteiger partial charge < -0.3 is 0 Å². The summed E-state index contributed by atoms with van der Waals surface area (Å²) < 4.78 is 1.76. The highest BCUT2D eigenvalue weighted by Gasteiger charge is 2.33. The number of fused-ring (bicyclic) bond motifs is 2. The predicted octanol–water partition coefficient (Wildman–Crippen LogP) is 8.75. The van der Waals surface area contributed by atoms with Gasteiger partial charge in [-0.15, -0.1) is 22.7 Å². The Labute approximate surface area is 258 Å². The second kappa shape index (κ2) is 15.9. The van der Waals surface area contributed by atoms with Crippen molar-refractivity contribution in [2.24, 2.45) is 0 Å². The van der Waals surface area contributed by atoms with E-state index in [1.54, 1.807) is 19.8 Å². The first-order valence-electron chi connectivity index (χ1n) is 15.7. The average molecular weight is 604 g/mol. The van der Waals surface area contributed by atoms with Crippen LogP contribution in [0, 0.1) is 0 Å². The van der Waals surface area contributed by atoms with E-state index in [4.69, 9.17) is 0 Å². The Kier molecular flexibility index (Phi) is 12.4. The van der Waals surface area contributed by atoms with Crippen molar-refractivity contribution in [3.05, 3.63) is 104 Å². The maximum Gasteiger partial charge on any atom is 0.0987 e. The zero-order valence-electron chi connectivity index (χ0n) is 25.9. The van der Waals surface area contributed by atoms with Gasteiger partial charge in [0.25, 0.3) is 0 Å². The molecule has 6 rings (SSSR count). The molecule has 6 heteroatoms. The van der Waals surface area contributed by atoms with Crippen LogP contribution in [0.25, 0.3) is 0 Å². The summed E-state index contributed by atoms with van der Waals surface area (Å²) in [7, 11) is -1.22. The predicted molar refractivity (Wildman–Crippen MR) is 183 cm³/mol. The van der Waals surface area contributed by atoms with Crippen LogP contribution in [0.5, 0.6) is 0 Å². The molecule has 0 aliphatic carbocycles. The molecule has 1 aromatic carbocycles. The minimum atomic E-state index is -1.22. The molecule has 0 radical (unpaired) electrons. The molecule has 3 nitrogen and oxygen atoms in total. The second-order valence-electron chi connectivity index (χ2n) is 11.0. The zero-order chi connectivity index (χ0) is 29.1. The molecule has 2 aliphatic rings. The van der Waals surface area contributed by atoms with Gasteiger partial charge >= 0.3 is 0 Å². The zero-order valence-corrected chi connectivity index (χ0v) is 28.5. The summed E-state index contributed by atoms with van der Waals surface area (Å²) >= 11 is 4.05. The summed E-state index contributed by atoms with van der Waals surface area (Å²) in [6, 6.07) is 26.0. The Hall–Kier alpha value is -2.09. The Morgan fingerprint density at radius 3 is 2.10 bits per heavy atom. The summed E-state index contributed by atoms with van der Waals surface area (Å²) in [5.41, 5.74) is 5.73. The fourth-order valence-electron chi connectivity index (χ4n) is 6.06. The van der Waals surface area contributed by atoms with E-state index in [0.29, 0.717) is 0 Å². The van der Waals surface area contributed by atoms with E-state index in [2.05, 4.69) is 107 Å². The molecule has 220 valence electrons. The molecule has 2 aliphatic heterocycles. The number of pyridine rings is 1. The van der Waals surface area contributed by atoms with Gasteiger partial charge in [0.15, 0.2) is 0 Å². The third-order valence-electron chi connectivity index (χ3n) is 8.75. The van der Waals surface area contributed by atoms with E-state index < -0.39 is 8.07 Å². The van der Waals surface area contributed by atoms with Crippen molar-refractivity contribution >= 4 is 35.2 Å². The van der Waals surface area contributed by atoms with Gasteiger partial charge in [-0.05, 0) is 63.7 Å². The smallest absolute Gasteiger partial charge is 0.0987 e. The van der Waals surface area contributed by atoms with Crippen LogP contribution in [-0.4, -0.2) is 35.9 Å². The maximum absolute atomic E-state index is 4.48. The van der Waals surface area contributed by atoms with Crippen LogP contribution < -0.4 is 4.50 Å². The summed E-state index contributed by atoms with van der Waals surface area (Å²) in [6.07, 6.45) is 4.34. The lowest BCUT2D eigenvalue weighted by atomic mass is 10.1. The summed E-state index contributed by atoms with van der Waals surface area (Å²) in [5.74, 6) is 0. The van der Waals surface area contributed by atoms with E-state index in [1.807, 2.05) is 37.4 Å². The Bertz CT molecular complexity index is 1290. The van der Waals surface area contributed by atoms with Crippen LogP contribution in [0.15, 0.2) is 72.2 Å². The van der Waals surface area contributed by atoms with E-state index in [-0.39, 0.29) is 0 Å². The molecule has 0 saturated heterocycles. The van der Waals surface area contributed by atoms with E-state index in [0.717, 1.165) is 26.2 Å². The Balaban J connectivity index is 0.000000188. The van der Waals surface area contributed by atoms with Crippen molar-refractivity contribution in [3.8, 4) is 0 Å². The molecule has 5 heterocycles. The van der Waals surface area contributed by atoms with E-state index >= 15 is 0 Å². The van der Waals surface area contributed by atoms with Gasteiger partial charge in [-0.25, -0.2) is 0 Å². The van der Waals surface area contributed by atoms with Crippen LogP contribution in [0.4, 0.5) is 0 Å². The molecule has 3 aromatic heterocycles. The maximum atomic E-state index is 4.48. The van der Waals surface area contributed by atoms with Gasteiger partial charge in [0.2, 0.25) is 0 Å². The monoisotopic (exact) mass is 603 g/mol. The van der Waals surface area contributed by atoms with Gasteiger partial charge in [-0.3, -0.25) is 14.8 Å². The van der Waals surface area contributed by atoms with E-state index in [1.165, 1.54) is 60.9 Å². The lowest BCUT2D eigenvalue weighted by Crippen LogP contribution is -2.43. The van der Waals surface area contributed by atoms with E-state index in [9.17, 15) is 0 Å². The summed E-state index contributed by atoms with van der Waals surface area (Å²) in [5, 5.41) is 2.22. The highest BCUT2D eigenvalue weighted by atomic mass is 32.1. The minimum absolute atomic E-state index is 0.976. The molecular formula is C35H49N3S2Si. The van der Waals surface area contributed by atoms with Gasteiger partial charge in [-0.2, -0.15) is 0 Å². The van der Waals surface area contributed by atoms with Crippen molar-refractivity contribution in [1.29, 1.82) is 0 Å². The third-order valence-corrected chi connectivity index (χ3v) is 17.7. The van der Waals surface area contributed by atoms with Crippen LogP contribution in [-0.2, 0) is 39.0 Å². The van der Waals surface area contributed by atoms with Crippen molar-refractivity contribution in [2.75, 3.05) is 13.1 Å². The molecule has 0 atom stereocenters. The average Bonchev–Trinajstić information content (AvgIpc) is 3.68. The van der Waals surface area contributed by atoms with Gasteiger partial charge in [0.1, 0.15) is 0 Å². The van der Waals surface area contributed by atoms with Crippen LogP contribution in [0.3, 0.4) is 0 Å². The number of hydrogen-bond acceptors (Lipinski definition) is 5. The minimum Gasteiger partial charge on any atom is -0.294 e. The molecule has 0 saturated carbocycles. The largest absolute Gasteiger partial charge is 0.294 e. The molecule has 0 bridgehead atoms. The summed E-state index contributed by atoms with van der Waals surface area (Å²) in [4.78, 5) is 12.8. The quantitative estimate of drug-likeness (QED) is 0.188. The Morgan fingerprint density at radius 2 is 1.41 bits per heavy atom. The van der Waals surface area contributed by atoms with Crippen LogP contribution in [0.1, 0.15) is 66.8 Å². The van der Waals surface area contributed by atoms with Gasteiger partial charge in [0.05, 0.1) is 13.8 Å². The molecular weight excluding hydrogens is 555 g/mol. The lowest BCUT2D eigenvalue weighted by molar-refractivity contribution is 0.244. The first-order valence-corrected chi connectivity index (χ1v) is 20.0. The highest BCUT2D eigenvalue weighted by Crippen LogP contribution is 2.30. The highest BCUT2D eigenvalue weighted by molar-refractivity contribution is 7.27. The van der Waals surface area contributed by atoms with Gasteiger partial charge in [0, 0.05) is 55.2 Å². The number of hydrogen-bond donors (Lipinski definition) is 0. The molecule has 41 heavy (non-hydrogen) atoms. The molecule has 0 fully saturated rings. The fraction of sp³-hybridized carbons (Fsp3) is 0.457. The topological polar surface area (TPSA) is 19.4 Å². The van der Waals surface area contributed by atoms with Gasteiger partial charge in [-0.1, -0.05) is 89.1 Å². The van der Waals surface area contributed by atoms with Crippen molar-refractivity contribution in [1.82, 2.24) is 14.8 Å². The van der Waals surface area contributed by atoms with Crippen LogP contribution in [0.2, 0.25) is 18.1 Å². The number of thiophene rings is 2.